The van der Waals surface area contributed by atoms with E-state index in [1.807, 2.05) is 19.1 Å². The van der Waals surface area contributed by atoms with Gasteiger partial charge >= 0.3 is 0 Å². The zero-order chi connectivity index (χ0) is 17.2. The van der Waals surface area contributed by atoms with Crippen molar-refractivity contribution >= 4 is 16.7 Å². The average Bonchev–Trinajstić information content (AvgIpc) is 3.26. The van der Waals surface area contributed by atoms with Gasteiger partial charge in [0.1, 0.15) is 5.82 Å². The van der Waals surface area contributed by atoms with Gasteiger partial charge in [0.2, 0.25) is 5.13 Å². The molecule has 0 saturated carbocycles. The molecule has 0 N–H and O–H groups in total. The molecular formula is C17H18N6OS. The molecule has 8 heteroatoms. The predicted octanol–water partition coefficient (Wildman–Crippen LogP) is 2.13. The Morgan fingerprint density at radius 1 is 1.32 bits per heavy atom. The first-order valence-corrected chi connectivity index (χ1v) is 9.03. The molecule has 1 unspecified atom stereocenters. The van der Waals surface area contributed by atoms with Crippen molar-refractivity contribution in [2.75, 3.05) is 11.4 Å². The minimum Gasteiger partial charge on any atom is -0.342 e. The van der Waals surface area contributed by atoms with Crippen molar-refractivity contribution in [1.82, 2.24) is 24.1 Å². The Hall–Kier alpha value is -2.61. The van der Waals surface area contributed by atoms with Gasteiger partial charge in [-0.1, -0.05) is 0 Å². The lowest BCUT2D eigenvalue weighted by molar-refractivity contribution is 0.490. The smallest absolute Gasteiger partial charge is 0.266 e. The van der Waals surface area contributed by atoms with Gasteiger partial charge in [0, 0.05) is 42.1 Å². The van der Waals surface area contributed by atoms with Crippen molar-refractivity contribution in [2.45, 2.75) is 32.4 Å². The summed E-state index contributed by atoms with van der Waals surface area (Å²) in [5, 5.41) is 5.47. The fourth-order valence-electron chi connectivity index (χ4n) is 3.13. The van der Waals surface area contributed by atoms with E-state index in [-0.39, 0.29) is 11.6 Å². The van der Waals surface area contributed by atoms with Gasteiger partial charge in [0.15, 0.2) is 0 Å². The number of aryl methyl sites for hydroxylation is 1. The molecule has 25 heavy (non-hydrogen) atoms. The van der Waals surface area contributed by atoms with Crippen molar-refractivity contribution < 1.29 is 0 Å². The molecule has 4 heterocycles. The van der Waals surface area contributed by atoms with Crippen LogP contribution in [0.1, 0.15) is 18.7 Å². The van der Waals surface area contributed by atoms with E-state index in [0.29, 0.717) is 6.54 Å². The first-order chi connectivity index (χ1) is 12.2. The molecule has 7 nitrogen and oxygen atoms in total. The molecule has 1 aliphatic heterocycles. The molecule has 0 spiro atoms. The zero-order valence-corrected chi connectivity index (χ0v) is 14.7. The van der Waals surface area contributed by atoms with Gasteiger partial charge in [-0.15, -0.1) is 0 Å². The lowest BCUT2D eigenvalue weighted by Gasteiger charge is -2.23. The molecule has 1 aliphatic rings. The minimum absolute atomic E-state index is 0.0899. The van der Waals surface area contributed by atoms with Gasteiger partial charge in [0.25, 0.3) is 5.56 Å². The Morgan fingerprint density at radius 2 is 2.24 bits per heavy atom. The molecule has 1 fully saturated rings. The van der Waals surface area contributed by atoms with E-state index < -0.39 is 0 Å². The molecule has 3 aromatic rings. The third-order valence-corrected chi connectivity index (χ3v) is 5.19. The Kier molecular flexibility index (Phi) is 4.27. The molecular weight excluding hydrogens is 336 g/mol. The summed E-state index contributed by atoms with van der Waals surface area (Å²) in [6.07, 6.45) is 5.58. The maximum absolute atomic E-state index is 12.3. The maximum atomic E-state index is 12.3. The van der Waals surface area contributed by atoms with Crippen molar-refractivity contribution in [2.24, 2.45) is 0 Å². The van der Waals surface area contributed by atoms with Crippen LogP contribution in [0.5, 0.6) is 0 Å². The summed E-state index contributed by atoms with van der Waals surface area (Å²) in [4.78, 5) is 23.1. The van der Waals surface area contributed by atoms with Crippen LogP contribution in [0.25, 0.3) is 11.3 Å². The highest BCUT2D eigenvalue weighted by atomic mass is 32.1. The lowest BCUT2D eigenvalue weighted by atomic mass is 10.2. The van der Waals surface area contributed by atoms with Crippen LogP contribution in [0, 0.1) is 6.92 Å². The van der Waals surface area contributed by atoms with E-state index in [2.05, 4.69) is 24.3 Å². The van der Waals surface area contributed by atoms with E-state index in [4.69, 9.17) is 0 Å². The molecule has 0 amide bonds. The predicted molar refractivity (Wildman–Crippen MR) is 96.7 cm³/mol. The van der Waals surface area contributed by atoms with Crippen LogP contribution >= 0.6 is 11.5 Å². The zero-order valence-electron chi connectivity index (χ0n) is 13.9. The molecule has 128 valence electrons. The summed E-state index contributed by atoms with van der Waals surface area (Å²) >= 11 is 1.41. The summed E-state index contributed by atoms with van der Waals surface area (Å²) in [5.41, 5.74) is 1.57. The van der Waals surface area contributed by atoms with E-state index in [1.54, 1.807) is 29.2 Å². The fraction of sp³-hybridized carbons (Fsp3) is 0.353. The Balaban J connectivity index is 1.60. The van der Waals surface area contributed by atoms with Crippen molar-refractivity contribution in [3.63, 3.8) is 0 Å². The van der Waals surface area contributed by atoms with Crippen molar-refractivity contribution in [1.29, 1.82) is 0 Å². The Labute approximate surface area is 149 Å². The highest BCUT2D eigenvalue weighted by Gasteiger charge is 2.28. The molecule has 0 bridgehead atoms. The second-order valence-electron chi connectivity index (χ2n) is 6.09. The number of hydrogen-bond acceptors (Lipinski definition) is 7. The number of aromatic nitrogens is 5. The monoisotopic (exact) mass is 354 g/mol. The van der Waals surface area contributed by atoms with Gasteiger partial charge in [-0.2, -0.15) is 9.47 Å². The van der Waals surface area contributed by atoms with E-state index in [0.717, 1.165) is 41.6 Å². The number of hydrogen-bond donors (Lipinski definition) is 0. The Bertz CT molecular complexity index is 922. The second-order valence-corrected chi connectivity index (χ2v) is 6.82. The van der Waals surface area contributed by atoms with E-state index in [1.165, 1.54) is 11.5 Å². The average molecular weight is 354 g/mol. The van der Waals surface area contributed by atoms with E-state index >= 15 is 0 Å². The molecule has 1 atom stereocenters. The fourth-order valence-corrected chi connectivity index (χ4v) is 3.90. The van der Waals surface area contributed by atoms with Crippen LogP contribution in [-0.4, -0.2) is 36.7 Å². The standard InChI is InChI=1S/C17H18N6OS/c1-12-19-17(25-21-12)22-9-3-5-14(22)11-23-16(24)7-6-15(20-23)13-4-2-8-18-10-13/h2,4,6-8,10,14H,3,5,9,11H2,1H3. The van der Waals surface area contributed by atoms with E-state index in [9.17, 15) is 4.79 Å². The van der Waals surface area contributed by atoms with Crippen LogP contribution in [0.2, 0.25) is 0 Å². The minimum atomic E-state index is -0.0899. The second kappa shape index (κ2) is 6.72. The van der Waals surface area contributed by atoms with Crippen LogP contribution in [-0.2, 0) is 6.54 Å². The summed E-state index contributed by atoms with van der Waals surface area (Å²) < 4.78 is 5.83. The largest absolute Gasteiger partial charge is 0.342 e. The lowest BCUT2D eigenvalue weighted by Crippen LogP contribution is -2.37. The molecule has 0 aromatic carbocycles. The summed E-state index contributed by atoms with van der Waals surface area (Å²) in [5.74, 6) is 0.791. The quantitative estimate of drug-likeness (QED) is 0.714. The topological polar surface area (TPSA) is 76.8 Å². The molecule has 1 saturated heterocycles. The molecule has 0 aliphatic carbocycles. The SMILES string of the molecule is Cc1nsc(N2CCCC2Cn2nc(-c3cccnc3)ccc2=O)n1. The van der Waals surface area contributed by atoms with Gasteiger partial charge < -0.3 is 4.90 Å². The molecule has 3 aromatic heterocycles. The maximum Gasteiger partial charge on any atom is 0.266 e. The third kappa shape index (κ3) is 3.30. The van der Waals surface area contributed by atoms with Crippen LogP contribution in [0.4, 0.5) is 5.13 Å². The number of rotatable bonds is 4. The number of pyridine rings is 1. The highest BCUT2D eigenvalue weighted by molar-refractivity contribution is 7.09. The Morgan fingerprint density at radius 3 is 3.00 bits per heavy atom. The number of anilines is 1. The summed E-state index contributed by atoms with van der Waals surface area (Å²) in [6, 6.07) is 7.33. The molecule has 4 rings (SSSR count). The molecule has 0 radical (unpaired) electrons. The normalized spacial score (nSPS) is 17.2. The van der Waals surface area contributed by atoms with Gasteiger partial charge in [-0.3, -0.25) is 9.78 Å². The highest BCUT2D eigenvalue weighted by Crippen LogP contribution is 2.27. The number of nitrogens with zero attached hydrogens (tertiary/aromatic N) is 6. The van der Waals surface area contributed by atoms with Crippen LogP contribution in [0.3, 0.4) is 0 Å². The summed E-state index contributed by atoms with van der Waals surface area (Å²) in [6.45, 7) is 3.39. The van der Waals surface area contributed by atoms with Gasteiger partial charge in [0.05, 0.1) is 18.3 Å². The van der Waals surface area contributed by atoms with Gasteiger partial charge in [-0.05, 0) is 38.0 Å². The van der Waals surface area contributed by atoms with Crippen molar-refractivity contribution in [3.8, 4) is 11.3 Å². The first kappa shape index (κ1) is 15.9. The van der Waals surface area contributed by atoms with Crippen LogP contribution in [0.15, 0.2) is 41.5 Å². The van der Waals surface area contributed by atoms with Crippen LogP contribution < -0.4 is 10.5 Å². The first-order valence-electron chi connectivity index (χ1n) is 8.26. The van der Waals surface area contributed by atoms with Gasteiger partial charge in [-0.25, -0.2) is 9.67 Å². The third-order valence-electron chi connectivity index (χ3n) is 4.35. The van der Waals surface area contributed by atoms with Crippen molar-refractivity contribution in [3.05, 3.63) is 52.8 Å². The summed E-state index contributed by atoms with van der Waals surface area (Å²) in [7, 11) is 0.